The summed E-state index contributed by atoms with van der Waals surface area (Å²) in [6, 6.07) is 10.4. The molecule has 0 saturated heterocycles. The van der Waals surface area contributed by atoms with Crippen molar-refractivity contribution in [3.63, 3.8) is 0 Å². The number of nitrogens with zero attached hydrogens (tertiary/aromatic N) is 2. The van der Waals surface area contributed by atoms with Crippen molar-refractivity contribution in [3.8, 4) is 0 Å². The molecular weight excluding hydrogens is 248 g/mol. The molecule has 0 bridgehead atoms. The number of para-hydroxylation sites is 1. The molecule has 20 heavy (non-hydrogen) atoms. The SMILES string of the molecule is C=C(C)CN=C(N)NCCCCN(C)c1ccccc1. The van der Waals surface area contributed by atoms with Gasteiger partial charge in [0.1, 0.15) is 0 Å². The molecule has 0 fully saturated rings. The average Bonchev–Trinajstić information content (AvgIpc) is 2.45. The van der Waals surface area contributed by atoms with E-state index in [1.54, 1.807) is 0 Å². The standard InChI is InChI=1S/C16H26N4/c1-14(2)13-19-16(17)18-11-7-8-12-20(3)15-9-5-4-6-10-15/h4-6,9-10H,1,7-8,11-13H2,2-3H3,(H3,17,18,19). The topological polar surface area (TPSA) is 53.6 Å². The zero-order valence-electron chi connectivity index (χ0n) is 12.6. The van der Waals surface area contributed by atoms with Crippen LogP contribution in [0.15, 0.2) is 47.5 Å². The molecule has 0 radical (unpaired) electrons. The maximum absolute atomic E-state index is 5.74. The van der Waals surface area contributed by atoms with Crippen LogP contribution in [-0.2, 0) is 0 Å². The molecule has 1 aromatic rings. The molecule has 0 atom stereocenters. The minimum atomic E-state index is 0.504. The van der Waals surface area contributed by atoms with Gasteiger partial charge in [0.2, 0.25) is 0 Å². The average molecular weight is 274 g/mol. The monoisotopic (exact) mass is 274 g/mol. The van der Waals surface area contributed by atoms with E-state index in [0.29, 0.717) is 12.5 Å². The summed E-state index contributed by atoms with van der Waals surface area (Å²) in [5.74, 6) is 0.504. The Bertz CT molecular complexity index is 425. The second kappa shape index (κ2) is 9.02. The number of benzene rings is 1. The Hall–Kier alpha value is -1.97. The van der Waals surface area contributed by atoms with E-state index in [-0.39, 0.29) is 0 Å². The van der Waals surface area contributed by atoms with Crippen LogP contribution in [-0.4, -0.2) is 32.6 Å². The molecule has 0 aliphatic rings. The second-order valence-electron chi connectivity index (χ2n) is 5.05. The Balaban J connectivity index is 2.13. The van der Waals surface area contributed by atoms with E-state index in [4.69, 9.17) is 5.73 Å². The van der Waals surface area contributed by atoms with Gasteiger partial charge in [0, 0.05) is 25.8 Å². The van der Waals surface area contributed by atoms with Gasteiger partial charge in [-0.25, -0.2) is 4.99 Å². The lowest BCUT2D eigenvalue weighted by Gasteiger charge is -2.19. The van der Waals surface area contributed by atoms with Crippen molar-refractivity contribution < 1.29 is 0 Å². The van der Waals surface area contributed by atoms with Crippen LogP contribution in [0.1, 0.15) is 19.8 Å². The van der Waals surface area contributed by atoms with Gasteiger partial charge in [0.25, 0.3) is 0 Å². The van der Waals surface area contributed by atoms with Crippen molar-refractivity contribution in [2.45, 2.75) is 19.8 Å². The summed E-state index contributed by atoms with van der Waals surface area (Å²) < 4.78 is 0. The van der Waals surface area contributed by atoms with Gasteiger partial charge < -0.3 is 16.0 Å². The number of aliphatic imine (C=N–C) groups is 1. The normalized spacial score (nSPS) is 11.2. The summed E-state index contributed by atoms with van der Waals surface area (Å²) in [6.07, 6.45) is 2.19. The molecule has 4 heteroatoms. The minimum absolute atomic E-state index is 0.504. The van der Waals surface area contributed by atoms with Crippen LogP contribution >= 0.6 is 0 Å². The lowest BCUT2D eigenvalue weighted by molar-refractivity contribution is 0.696. The Kier molecular flexibility index (Phi) is 7.25. The quantitative estimate of drug-likeness (QED) is 0.331. The first-order valence-corrected chi connectivity index (χ1v) is 7.04. The number of nitrogens with one attached hydrogen (secondary N) is 1. The largest absolute Gasteiger partial charge is 0.375 e. The summed E-state index contributed by atoms with van der Waals surface area (Å²) in [5.41, 5.74) is 8.01. The Labute approximate surface area is 122 Å². The number of unbranched alkanes of at least 4 members (excludes halogenated alkanes) is 1. The zero-order valence-corrected chi connectivity index (χ0v) is 12.6. The molecule has 1 aromatic carbocycles. The highest BCUT2D eigenvalue weighted by Gasteiger charge is 1.99. The molecular formula is C16H26N4. The number of nitrogens with two attached hydrogens (primary N) is 1. The lowest BCUT2D eigenvalue weighted by Crippen LogP contribution is -2.33. The predicted octanol–water partition coefficient (Wildman–Crippen LogP) is 2.38. The smallest absolute Gasteiger partial charge is 0.188 e. The van der Waals surface area contributed by atoms with E-state index < -0.39 is 0 Å². The van der Waals surface area contributed by atoms with E-state index in [0.717, 1.165) is 31.5 Å². The second-order valence-corrected chi connectivity index (χ2v) is 5.05. The first-order chi connectivity index (χ1) is 9.59. The van der Waals surface area contributed by atoms with Gasteiger partial charge in [-0.3, -0.25) is 0 Å². The van der Waals surface area contributed by atoms with Crippen LogP contribution in [0.4, 0.5) is 5.69 Å². The van der Waals surface area contributed by atoms with Crippen molar-refractivity contribution in [1.82, 2.24) is 5.32 Å². The van der Waals surface area contributed by atoms with Crippen molar-refractivity contribution in [3.05, 3.63) is 42.5 Å². The third-order valence-corrected chi connectivity index (χ3v) is 2.94. The Morgan fingerprint density at radius 2 is 2.00 bits per heavy atom. The molecule has 0 aliphatic carbocycles. The Morgan fingerprint density at radius 1 is 1.30 bits per heavy atom. The fourth-order valence-corrected chi connectivity index (χ4v) is 1.78. The fourth-order valence-electron chi connectivity index (χ4n) is 1.78. The van der Waals surface area contributed by atoms with Crippen LogP contribution in [0, 0.1) is 0 Å². The van der Waals surface area contributed by atoms with E-state index in [1.165, 1.54) is 5.69 Å². The summed E-state index contributed by atoms with van der Waals surface area (Å²) in [6.45, 7) is 8.21. The fraction of sp³-hybridized carbons (Fsp3) is 0.438. The number of hydrogen-bond acceptors (Lipinski definition) is 2. The molecule has 0 aromatic heterocycles. The number of hydrogen-bond donors (Lipinski definition) is 2. The Morgan fingerprint density at radius 3 is 2.65 bits per heavy atom. The third-order valence-electron chi connectivity index (χ3n) is 2.94. The van der Waals surface area contributed by atoms with Gasteiger partial charge in [-0.05, 0) is 31.9 Å². The molecule has 110 valence electrons. The molecule has 0 aliphatic heterocycles. The van der Waals surface area contributed by atoms with Crippen LogP contribution in [0.3, 0.4) is 0 Å². The molecule has 0 unspecified atom stereocenters. The van der Waals surface area contributed by atoms with Gasteiger partial charge >= 0.3 is 0 Å². The van der Waals surface area contributed by atoms with E-state index in [2.05, 4.69) is 53.1 Å². The van der Waals surface area contributed by atoms with E-state index >= 15 is 0 Å². The van der Waals surface area contributed by atoms with Gasteiger partial charge in [0.05, 0.1) is 6.54 Å². The highest BCUT2D eigenvalue weighted by atomic mass is 15.1. The maximum atomic E-state index is 5.74. The predicted molar refractivity (Wildman–Crippen MR) is 88.3 cm³/mol. The number of anilines is 1. The maximum Gasteiger partial charge on any atom is 0.188 e. The van der Waals surface area contributed by atoms with Crippen molar-refractivity contribution in [2.75, 3.05) is 31.6 Å². The minimum Gasteiger partial charge on any atom is -0.375 e. The molecule has 0 amide bonds. The van der Waals surface area contributed by atoms with E-state index in [1.807, 2.05) is 13.0 Å². The molecule has 0 saturated carbocycles. The van der Waals surface area contributed by atoms with Gasteiger partial charge in [-0.15, -0.1) is 0 Å². The molecule has 1 rings (SSSR count). The summed E-state index contributed by atoms with van der Waals surface area (Å²) in [4.78, 5) is 6.44. The molecule has 4 nitrogen and oxygen atoms in total. The zero-order chi connectivity index (χ0) is 14.8. The van der Waals surface area contributed by atoms with Gasteiger partial charge in [0.15, 0.2) is 5.96 Å². The van der Waals surface area contributed by atoms with Crippen LogP contribution in [0.25, 0.3) is 0 Å². The molecule has 0 heterocycles. The van der Waals surface area contributed by atoms with Gasteiger partial charge in [-0.2, -0.15) is 0 Å². The van der Waals surface area contributed by atoms with Crippen LogP contribution < -0.4 is 16.0 Å². The van der Waals surface area contributed by atoms with Crippen molar-refractivity contribution in [2.24, 2.45) is 10.7 Å². The number of rotatable bonds is 8. The van der Waals surface area contributed by atoms with Crippen molar-refractivity contribution in [1.29, 1.82) is 0 Å². The first-order valence-electron chi connectivity index (χ1n) is 7.04. The summed E-state index contributed by atoms with van der Waals surface area (Å²) in [5, 5.41) is 3.12. The highest BCUT2D eigenvalue weighted by Crippen LogP contribution is 2.11. The van der Waals surface area contributed by atoms with Crippen molar-refractivity contribution >= 4 is 11.6 Å². The van der Waals surface area contributed by atoms with Crippen LogP contribution in [0.2, 0.25) is 0 Å². The third kappa shape index (κ3) is 6.83. The lowest BCUT2D eigenvalue weighted by atomic mass is 10.2. The molecule has 0 spiro atoms. The first kappa shape index (κ1) is 16.1. The van der Waals surface area contributed by atoms with E-state index in [9.17, 15) is 0 Å². The molecule has 3 N–H and O–H groups in total. The summed E-state index contributed by atoms with van der Waals surface area (Å²) >= 11 is 0. The van der Waals surface area contributed by atoms with Gasteiger partial charge in [-0.1, -0.05) is 30.4 Å². The summed E-state index contributed by atoms with van der Waals surface area (Å²) in [7, 11) is 2.12. The van der Waals surface area contributed by atoms with Crippen LogP contribution in [0.5, 0.6) is 0 Å². The highest BCUT2D eigenvalue weighted by molar-refractivity contribution is 5.77. The number of guanidine groups is 1.